The van der Waals surface area contributed by atoms with Gasteiger partial charge in [-0.2, -0.15) is 12.6 Å². The van der Waals surface area contributed by atoms with Crippen LogP contribution >= 0.6 is 12.6 Å². The molecule has 0 saturated carbocycles. The van der Waals surface area contributed by atoms with Gasteiger partial charge < -0.3 is 10.1 Å². The summed E-state index contributed by atoms with van der Waals surface area (Å²) >= 11 is 3.53. The molecule has 0 rings (SSSR count). The highest BCUT2D eigenvalue weighted by atomic mass is 32.2. The summed E-state index contributed by atoms with van der Waals surface area (Å²) in [5.41, 5.74) is 0. The molecule has 0 aliphatic rings. The zero-order valence-electron chi connectivity index (χ0n) is 16.7. The van der Waals surface area contributed by atoms with Crippen LogP contribution < -0.4 is 5.32 Å². The van der Waals surface area contributed by atoms with Gasteiger partial charge in [-0.25, -0.2) is 8.42 Å². The Morgan fingerprint density at radius 2 is 1.48 bits per heavy atom. The van der Waals surface area contributed by atoms with E-state index in [-0.39, 0.29) is 18.2 Å². The molecule has 0 radical (unpaired) electrons. The number of amides is 1. The largest absolute Gasteiger partial charge is 0.382 e. The first-order valence-corrected chi connectivity index (χ1v) is 11.4. The Bertz CT molecular complexity index is 282. The van der Waals surface area contributed by atoms with Gasteiger partial charge in [0.1, 0.15) is 9.84 Å². The van der Waals surface area contributed by atoms with Crippen LogP contribution in [0.3, 0.4) is 0 Å². The van der Waals surface area contributed by atoms with Gasteiger partial charge in [0, 0.05) is 32.4 Å². The van der Waals surface area contributed by atoms with Gasteiger partial charge in [-0.05, 0) is 19.6 Å². The molecule has 0 aromatic rings. The molecule has 23 heavy (non-hydrogen) atoms. The van der Waals surface area contributed by atoms with E-state index in [2.05, 4.69) is 17.9 Å². The number of carbonyl (C=O) groups is 1. The average molecular weight is 376 g/mol. The van der Waals surface area contributed by atoms with Gasteiger partial charge in [0.25, 0.3) is 0 Å². The zero-order valence-corrected chi connectivity index (χ0v) is 18.4. The summed E-state index contributed by atoms with van der Waals surface area (Å²) in [5, 5.41) is 2.54. The van der Waals surface area contributed by atoms with Gasteiger partial charge in [0.15, 0.2) is 0 Å². The second kappa shape index (κ2) is 33.4. The number of hydrogen-bond acceptors (Lipinski definition) is 5. The number of rotatable bonds is 8. The van der Waals surface area contributed by atoms with Crippen LogP contribution in [0.15, 0.2) is 0 Å². The minimum Gasteiger partial charge on any atom is -0.382 e. The summed E-state index contributed by atoms with van der Waals surface area (Å²) in [4.78, 5) is 11.1. The lowest BCUT2D eigenvalue weighted by Gasteiger charge is -2.04. The van der Waals surface area contributed by atoms with Crippen LogP contribution in [0.2, 0.25) is 0 Å². The van der Waals surface area contributed by atoms with Crippen LogP contribution in [0.25, 0.3) is 0 Å². The normalized spacial score (nSPS) is 8.43. The first-order valence-electron chi connectivity index (χ1n) is 8.42. The van der Waals surface area contributed by atoms with Crippen molar-refractivity contribution in [1.82, 2.24) is 5.32 Å². The van der Waals surface area contributed by atoms with Crippen molar-refractivity contribution in [2.24, 2.45) is 0 Å². The highest BCUT2D eigenvalue weighted by molar-refractivity contribution is 7.90. The molecule has 0 aliphatic carbocycles. The van der Waals surface area contributed by atoms with E-state index in [4.69, 9.17) is 4.74 Å². The first-order chi connectivity index (χ1) is 11.0. The fourth-order valence-electron chi connectivity index (χ4n) is 0.943. The molecule has 0 spiro atoms. The van der Waals surface area contributed by atoms with Crippen LogP contribution in [0, 0.1) is 0 Å². The van der Waals surface area contributed by atoms with Crippen molar-refractivity contribution in [1.29, 1.82) is 0 Å². The molecule has 0 atom stereocenters. The van der Waals surface area contributed by atoms with Gasteiger partial charge >= 0.3 is 0 Å². The van der Waals surface area contributed by atoms with Crippen molar-refractivity contribution in [2.75, 3.05) is 38.0 Å². The molecule has 146 valence electrons. The molecule has 1 N–H and O–H groups in total. The molecule has 0 aromatic heterocycles. The third kappa shape index (κ3) is 52.2. The van der Waals surface area contributed by atoms with Crippen LogP contribution in [0.4, 0.5) is 0 Å². The van der Waals surface area contributed by atoms with E-state index in [1.54, 1.807) is 6.26 Å². The lowest BCUT2D eigenvalue weighted by molar-refractivity contribution is -0.121. The minimum absolute atomic E-state index is 0.00972. The molecule has 0 fully saturated rings. The standard InChI is InChI=1S/C9H19NO4S.3C2H6.CH4S/c1-3-14-7-4-5-9(11)10-6-8-15(2,12)13;4*1-2/h3-8H2,1-2H3,(H,10,11);3*1-2H3;2H,1H3. The maximum absolute atomic E-state index is 11.1. The second-order valence-corrected chi connectivity index (χ2v) is 5.54. The quantitative estimate of drug-likeness (QED) is 0.502. The van der Waals surface area contributed by atoms with Crippen molar-refractivity contribution in [3.8, 4) is 0 Å². The molecule has 0 heterocycles. The highest BCUT2D eigenvalue weighted by Crippen LogP contribution is 1.90. The third-order valence-electron chi connectivity index (χ3n) is 1.69. The number of carbonyl (C=O) groups excluding carboxylic acids is 1. The Labute approximate surface area is 151 Å². The first kappa shape index (κ1) is 34.1. The van der Waals surface area contributed by atoms with Crippen LogP contribution in [0.5, 0.6) is 0 Å². The van der Waals surface area contributed by atoms with E-state index in [1.807, 2.05) is 48.5 Å². The summed E-state index contributed by atoms with van der Waals surface area (Å²) in [7, 11) is -2.99. The smallest absolute Gasteiger partial charge is 0.220 e. The molecular formula is C16H41NO4S2. The monoisotopic (exact) mass is 375 g/mol. The fourth-order valence-corrected chi connectivity index (χ4v) is 1.42. The highest BCUT2D eigenvalue weighted by Gasteiger charge is 2.04. The summed E-state index contributed by atoms with van der Waals surface area (Å²) in [6.07, 6.45) is 3.89. The number of thiol groups is 1. The second-order valence-electron chi connectivity index (χ2n) is 3.28. The molecule has 0 aromatic carbocycles. The summed E-state index contributed by atoms with van der Waals surface area (Å²) in [6.45, 7) is 15.3. The van der Waals surface area contributed by atoms with E-state index in [0.29, 0.717) is 26.1 Å². The zero-order chi connectivity index (χ0) is 19.7. The van der Waals surface area contributed by atoms with Crippen molar-refractivity contribution in [2.45, 2.75) is 61.3 Å². The number of ether oxygens (including phenoxy) is 1. The number of sulfone groups is 1. The van der Waals surface area contributed by atoms with Crippen molar-refractivity contribution in [3.05, 3.63) is 0 Å². The summed E-state index contributed by atoms with van der Waals surface area (Å²) < 4.78 is 26.5. The SMILES string of the molecule is CC.CC.CC.CCOCCCC(=O)NCCS(C)(=O)=O.CS. The molecule has 1 amide bonds. The van der Waals surface area contributed by atoms with Gasteiger partial charge in [-0.15, -0.1) is 0 Å². The molecule has 0 unspecified atom stereocenters. The van der Waals surface area contributed by atoms with E-state index >= 15 is 0 Å². The topological polar surface area (TPSA) is 72.5 Å². The van der Waals surface area contributed by atoms with Crippen LogP contribution in [0.1, 0.15) is 61.3 Å². The van der Waals surface area contributed by atoms with Crippen molar-refractivity contribution < 1.29 is 17.9 Å². The maximum Gasteiger partial charge on any atom is 0.220 e. The predicted octanol–water partition coefficient (Wildman–Crippen LogP) is 3.59. The Morgan fingerprint density at radius 1 is 1.04 bits per heavy atom. The lowest BCUT2D eigenvalue weighted by atomic mass is 10.3. The number of hydrogen-bond donors (Lipinski definition) is 2. The Balaban J connectivity index is -0.000000116. The maximum atomic E-state index is 11.1. The molecule has 0 aliphatic heterocycles. The van der Waals surface area contributed by atoms with Gasteiger partial charge in [-0.1, -0.05) is 41.5 Å². The molecular weight excluding hydrogens is 334 g/mol. The summed E-state index contributed by atoms with van der Waals surface area (Å²) in [5.74, 6) is -0.136. The van der Waals surface area contributed by atoms with E-state index in [9.17, 15) is 13.2 Å². The van der Waals surface area contributed by atoms with E-state index < -0.39 is 9.84 Å². The van der Waals surface area contributed by atoms with Crippen LogP contribution in [-0.4, -0.2) is 52.3 Å². The van der Waals surface area contributed by atoms with E-state index in [0.717, 1.165) is 6.26 Å². The third-order valence-corrected chi connectivity index (χ3v) is 2.64. The van der Waals surface area contributed by atoms with E-state index in [1.165, 1.54) is 0 Å². The fraction of sp³-hybridized carbons (Fsp3) is 0.938. The van der Waals surface area contributed by atoms with Gasteiger partial charge in [-0.3, -0.25) is 4.79 Å². The van der Waals surface area contributed by atoms with Crippen molar-refractivity contribution in [3.63, 3.8) is 0 Å². The van der Waals surface area contributed by atoms with Gasteiger partial charge in [0.2, 0.25) is 5.91 Å². The molecule has 0 saturated heterocycles. The number of nitrogens with one attached hydrogen (secondary N) is 1. The Morgan fingerprint density at radius 3 is 1.83 bits per heavy atom. The Hall–Kier alpha value is -0.270. The Kier molecular flexibility index (Phi) is 49.5. The lowest BCUT2D eigenvalue weighted by Crippen LogP contribution is -2.28. The predicted molar refractivity (Wildman–Crippen MR) is 107 cm³/mol. The van der Waals surface area contributed by atoms with Gasteiger partial charge in [0.05, 0.1) is 5.75 Å². The molecule has 7 heteroatoms. The molecule has 0 bridgehead atoms. The molecule has 5 nitrogen and oxygen atoms in total. The average Bonchev–Trinajstić information content (AvgIpc) is 2.58. The minimum atomic E-state index is -2.99. The van der Waals surface area contributed by atoms with Crippen LogP contribution in [-0.2, 0) is 19.4 Å². The summed E-state index contributed by atoms with van der Waals surface area (Å²) in [6, 6.07) is 0. The van der Waals surface area contributed by atoms with Crippen molar-refractivity contribution >= 4 is 28.4 Å².